The van der Waals surface area contributed by atoms with Crippen LogP contribution in [0.4, 0.5) is 0 Å². The van der Waals surface area contributed by atoms with E-state index in [1.807, 2.05) is 72.9 Å². The first-order chi connectivity index (χ1) is 46.9. The van der Waals surface area contributed by atoms with Crippen LogP contribution in [-0.4, -0.2) is 91.0 Å². The molecule has 0 spiro atoms. The van der Waals surface area contributed by atoms with Crippen LogP contribution in [-0.2, 0) is 19.2 Å². The number of allylic oxidation sites excluding steroid dienone is 8. The van der Waals surface area contributed by atoms with E-state index in [2.05, 4.69) is 52.0 Å². The Morgan fingerprint density at radius 3 is 0.958 bits per heavy atom. The van der Waals surface area contributed by atoms with Crippen molar-refractivity contribution in [3.8, 4) is 0 Å². The number of rotatable bonds is 28. The third-order valence-electron chi connectivity index (χ3n) is 24.8. The molecular formula is C84H96N4O8. The molecule has 96 heavy (non-hydrogen) atoms. The minimum absolute atomic E-state index is 0.169. The molecule has 4 aliphatic heterocycles. The van der Waals surface area contributed by atoms with E-state index in [4.69, 9.17) is 0 Å². The lowest BCUT2D eigenvalue weighted by Crippen LogP contribution is -2.66. The van der Waals surface area contributed by atoms with E-state index < -0.39 is 35.8 Å². The van der Waals surface area contributed by atoms with Crippen molar-refractivity contribution in [2.45, 2.75) is 243 Å². The lowest BCUT2D eigenvalue weighted by molar-refractivity contribution is -0.164. The first-order valence-electron chi connectivity index (χ1n) is 37.8. The largest absolute Gasteiger partial charge is 0.274 e. The summed E-state index contributed by atoms with van der Waals surface area (Å²) in [5.74, 6) is -5.43. The molecular weight excluding hydrogens is 1190 g/mol. The number of imide groups is 4. The highest BCUT2D eigenvalue weighted by Gasteiger charge is 2.60. The van der Waals surface area contributed by atoms with Crippen molar-refractivity contribution in [3.05, 3.63) is 153 Å². The summed E-state index contributed by atoms with van der Waals surface area (Å²) in [6.07, 6.45) is 43.9. The molecule has 15 rings (SSSR count). The van der Waals surface area contributed by atoms with Crippen LogP contribution in [0, 0.1) is 35.5 Å². The Labute approximate surface area is 566 Å². The van der Waals surface area contributed by atoms with Gasteiger partial charge in [0.05, 0.1) is 23.9 Å². The number of carbonyl (C=O) groups excluding carboxylic acids is 8. The number of unbranched alkanes of at least 4 members (excludes halogenated alkanes) is 16. The predicted molar refractivity (Wildman–Crippen MR) is 377 cm³/mol. The van der Waals surface area contributed by atoms with E-state index in [1.165, 1.54) is 35.5 Å². The van der Waals surface area contributed by atoms with E-state index in [1.54, 1.807) is 9.80 Å². The average molecular weight is 1290 g/mol. The van der Waals surface area contributed by atoms with Crippen LogP contribution >= 0.6 is 0 Å². The summed E-state index contributed by atoms with van der Waals surface area (Å²) in [4.78, 5) is 128. The predicted octanol–water partition coefficient (Wildman–Crippen LogP) is 17.8. The van der Waals surface area contributed by atoms with Gasteiger partial charge in [0.2, 0.25) is 11.8 Å². The molecule has 10 atom stereocenters. The molecule has 0 bridgehead atoms. The Bertz CT molecular complexity index is 3780. The maximum atomic E-state index is 15.6. The molecule has 12 heteroatoms. The average Bonchev–Trinajstić information content (AvgIpc) is 0.697. The number of fused-ring (bicyclic) bond motifs is 4. The van der Waals surface area contributed by atoms with E-state index >= 15 is 19.2 Å². The molecule has 0 aromatic heterocycles. The van der Waals surface area contributed by atoms with Crippen molar-refractivity contribution in [1.29, 1.82) is 0 Å². The first kappa shape index (κ1) is 64.4. The monoisotopic (exact) mass is 1290 g/mol. The summed E-state index contributed by atoms with van der Waals surface area (Å²) < 4.78 is 0. The van der Waals surface area contributed by atoms with Crippen LogP contribution in [0.1, 0.15) is 283 Å². The van der Waals surface area contributed by atoms with Crippen LogP contribution in [0.25, 0.3) is 32.7 Å². The van der Waals surface area contributed by atoms with E-state index in [9.17, 15) is 19.2 Å². The lowest BCUT2D eigenvalue weighted by Gasteiger charge is -2.54. The number of amides is 8. The fourth-order valence-corrected chi connectivity index (χ4v) is 20.3. The molecule has 3 fully saturated rings. The summed E-state index contributed by atoms with van der Waals surface area (Å²) in [7, 11) is 0. The molecule has 2 saturated heterocycles. The third-order valence-corrected chi connectivity index (χ3v) is 24.8. The second kappa shape index (κ2) is 26.7. The topological polar surface area (TPSA) is 150 Å². The van der Waals surface area contributed by atoms with Gasteiger partial charge < -0.3 is 0 Å². The highest BCUT2D eigenvalue weighted by Crippen LogP contribution is 2.62. The number of piperidine rings is 2. The van der Waals surface area contributed by atoms with Crippen molar-refractivity contribution in [2.75, 3.05) is 0 Å². The Kier molecular flexibility index (Phi) is 17.9. The van der Waals surface area contributed by atoms with E-state index in [-0.39, 0.29) is 83.0 Å². The van der Waals surface area contributed by atoms with Gasteiger partial charge in [-0.25, -0.2) is 0 Å². The summed E-state index contributed by atoms with van der Waals surface area (Å²) >= 11 is 0. The Morgan fingerprint density at radius 1 is 0.323 bits per heavy atom. The SMILES string of the molecule is CCCCCCCC(CCCCCCC)N1C(=O)c2ccc3c4c(ccc(c24)C1=O)C1C=CC2C(=O)N(C4CCCCC4N4C(=O)C5=CC=C6c7ccc8c9c(ccc(c79)C7C=CC(C4=O)C5C67)C(=O)N(C(CCCCCCC)CCCCCCC)C8=O)C(=O)C4=CC=C3C1C42. The molecule has 7 aliphatic carbocycles. The van der Waals surface area contributed by atoms with Crippen LogP contribution in [0.15, 0.2) is 108 Å². The number of benzene rings is 4. The Balaban J connectivity index is 0.710. The summed E-state index contributed by atoms with van der Waals surface area (Å²) in [5.41, 5.74) is 9.18. The second-order valence-corrected chi connectivity index (χ2v) is 30.2. The Hall–Kier alpha value is -7.60. The second-order valence-electron chi connectivity index (χ2n) is 30.2. The number of hydrogen-bond acceptors (Lipinski definition) is 8. The first-order valence-corrected chi connectivity index (χ1v) is 37.8. The zero-order chi connectivity index (χ0) is 66.2. The van der Waals surface area contributed by atoms with Gasteiger partial charge in [-0.05, 0) is 107 Å². The highest BCUT2D eigenvalue weighted by atomic mass is 16.2. The van der Waals surface area contributed by atoms with Crippen LogP contribution in [0.2, 0.25) is 0 Å². The number of carbonyl (C=O) groups is 8. The molecule has 0 N–H and O–H groups in total. The third kappa shape index (κ3) is 10.3. The molecule has 8 amide bonds. The van der Waals surface area contributed by atoms with Gasteiger partial charge >= 0.3 is 0 Å². The highest BCUT2D eigenvalue weighted by molar-refractivity contribution is 6.29. The van der Waals surface area contributed by atoms with Crippen LogP contribution in [0.5, 0.6) is 0 Å². The number of hydrogen-bond donors (Lipinski definition) is 0. The minimum atomic E-state index is -0.731. The minimum Gasteiger partial charge on any atom is -0.274 e. The van der Waals surface area contributed by atoms with Gasteiger partial charge in [0.15, 0.2) is 0 Å². The number of nitrogens with zero attached hydrogens (tertiary/aromatic N) is 4. The molecule has 4 aromatic rings. The van der Waals surface area contributed by atoms with Crippen molar-refractivity contribution < 1.29 is 38.4 Å². The van der Waals surface area contributed by atoms with Crippen molar-refractivity contribution >= 4 is 79.9 Å². The quantitative estimate of drug-likeness (QED) is 0.0310. The van der Waals surface area contributed by atoms with Gasteiger partial charge in [-0.3, -0.25) is 58.0 Å². The zero-order valence-corrected chi connectivity index (χ0v) is 57.0. The van der Waals surface area contributed by atoms with Gasteiger partial charge in [-0.2, -0.15) is 0 Å². The molecule has 10 unspecified atom stereocenters. The summed E-state index contributed by atoms with van der Waals surface area (Å²) in [5, 5.41) is 3.22. The van der Waals surface area contributed by atoms with Crippen molar-refractivity contribution in [2.24, 2.45) is 35.5 Å². The molecule has 4 heterocycles. The van der Waals surface area contributed by atoms with Gasteiger partial charge in [-0.15, -0.1) is 0 Å². The summed E-state index contributed by atoms with van der Waals surface area (Å²) in [6.45, 7) is 8.85. The maximum absolute atomic E-state index is 15.6. The number of likely N-dealkylation sites (tertiary alicyclic amines) is 2. The van der Waals surface area contributed by atoms with Crippen LogP contribution < -0.4 is 0 Å². The van der Waals surface area contributed by atoms with Crippen molar-refractivity contribution in [1.82, 2.24) is 19.6 Å². The van der Waals surface area contributed by atoms with Gasteiger partial charge in [0.1, 0.15) is 0 Å². The fraction of sp³-hybridized carbons (Fsp3) is 0.524. The maximum Gasteiger partial charge on any atom is 0.261 e. The van der Waals surface area contributed by atoms with Crippen LogP contribution in [0.3, 0.4) is 0 Å². The lowest BCUT2D eigenvalue weighted by atomic mass is 9.55. The summed E-state index contributed by atoms with van der Waals surface area (Å²) in [6, 6.07) is 14.1. The molecule has 500 valence electrons. The Morgan fingerprint density at radius 2 is 0.615 bits per heavy atom. The van der Waals surface area contributed by atoms with E-state index in [0.717, 1.165) is 185 Å². The molecule has 11 aliphatic rings. The molecule has 1 saturated carbocycles. The zero-order valence-electron chi connectivity index (χ0n) is 57.0. The van der Waals surface area contributed by atoms with Gasteiger partial charge in [0, 0.05) is 91.8 Å². The fourth-order valence-electron chi connectivity index (χ4n) is 20.3. The van der Waals surface area contributed by atoms with E-state index in [0.29, 0.717) is 57.0 Å². The standard InChI is InChI=1S/C84H96N4O8/c1-5-9-13-17-21-27-49(28-22-18-14-10-6-2)85-77(89)59-41-33-51-55-37-45-63-75-64(46-38-56(71(55)75)52-34-42-60(78(85)90)73(59)69(51)52)82(94)87(81(63)93)67-31-25-26-32-68(67)88-83(95)65-47-39-57-53-35-43-61-74-62(44-36-54(70(53)74)58-40-48-66(84(88)96)76(65)72(57)58)80(92)86(79(61)91)50(29-23-19-15-11-7-3)30-24-20-16-12-8-4/h33-50,55,57,63,65,67-68,71-72,75-76H,5-32H2,1-4H3. The van der Waals surface area contributed by atoms with Crippen molar-refractivity contribution in [3.63, 3.8) is 0 Å². The smallest absolute Gasteiger partial charge is 0.261 e. The molecule has 4 aromatic carbocycles. The normalized spacial score (nSPS) is 26.4. The van der Waals surface area contributed by atoms with Gasteiger partial charge in [0.25, 0.3) is 35.4 Å². The van der Waals surface area contributed by atoms with Gasteiger partial charge in [-0.1, -0.05) is 242 Å². The molecule has 12 nitrogen and oxygen atoms in total. The molecule has 0 radical (unpaired) electrons.